The Bertz CT molecular complexity index is 991. The number of nitrogens with one attached hydrogen (secondary N) is 1. The van der Waals surface area contributed by atoms with Gasteiger partial charge in [0.05, 0.1) is 14.2 Å². The fraction of sp³-hybridized carbons (Fsp3) is 0.348. The molecule has 1 amide bonds. The van der Waals surface area contributed by atoms with Gasteiger partial charge in [0, 0.05) is 37.0 Å². The lowest BCUT2D eigenvalue weighted by Crippen LogP contribution is -2.42. The lowest BCUT2D eigenvalue weighted by atomic mass is 9.97. The molecule has 0 saturated carbocycles. The van der Waals surface area contributed by atoms with Gasteiger partial charge < -0.3 is 14.8 Å². The molecule has 1 aliphatic heterocycles. The smallest absolute Gasteiger partial charge is 0.236 e. The Morgan fingerprint density at radius 2 is 1.68 bits per heavy atom. The van der Waals surface area contributed by atoms with Crippen molar-refractivity contribution >= 4 is 22.0 Å². The third kappa shape index (κ3) is 6.32. The van der Waals surface area contributed by atoms with Crippen molar-refractivity contribution in [3.05, 3.63) is 65.1 Å². The average Bonchev–Trinajstić information content (AvgIpc) is 2.81. The molecule has 2 aromatic rings. The van der Waals surface area contributed by atoms with Gasteiger partial charge in [0.2, 0.25) is 15.9 Å². The molecule has 2 aromatic carbocycles. The molecule has 1 saturated heterocycles. The van der Waals surface area contributed by atoms with Crippen LogP contribution in [0.2, 0.25) is 0 Å². The van der Waals surface area contributed by atoms with Crippen LogP contribution in [0, 0.1) is 5.92 Å². The average molecular weight is 445 g/mol. The standard InChI is InChI=1S/C23H28N2O5S/c1-29-21-14-19(15-22(16-21)30-2)17-24-23(26)20-8-11-25(12-9-20)31(27,28)13-10-18-6-4-3-5-7-18/h3-7,10,13-16,20H,8-9,11-12,17H2,1-2H3,(H,24,26)/b13-10+. The third-order valence-electron chi connectivity index (χ3n) is 5.29. The first kappa shape index (κ1) is 22.8. The Hall–Kier alpha value is -2.84. The second kappa shape index (κ2) is 10.5. The molecule has 166 valence electrons. The fourth-order valence-electron chi connectivity index (χ4n) is 3.49. The first-order valence-electron chi connectivity index (χ1n) is 10.1. The molecular formula is C23H28N2O5S. The van der Waals surface area contributed by atoms with Gasteiger partial charge in [-0.1, -0.05) is 30.3 Å². The number of hydrogen-bond acceptors (Lipinski definition) is 5. The SMILES string of the molecule is COc1cc(CNC(=O)C2CCN(S(=O)(=O)/C=C/c3ccccc3)CC2)cc(OC)c1. The van der Waals surface area contributed by atoms with Crippen LogP contribution in [0.15, 0.2) is 53.9 Å². The van der Waals surface area contributed by atoms with E-state index < -0.39 is 10.0 Å². The number of hydrogen-bond donors (Lipinski definition) is 1. The van der Waals surface area contributed by atoms with Gasteiger partial charge in [0.25, 0.3) is 0 Å². The number of rotatable bonds is 8. The summed E-state index contributed by atoms with van der Waals surface area (Å²) in [7, 11) is -0.353. The minimum absolute atomic E-state index is 0.0707. The molecule has 1 heterocycles. The van der Waals surface area contributed by atoms with E-state index in [9.17, 15) is 13.2 Å². The number of sulfonamides is 1. The van der Waals surface area contributed by atoms with Gasteiger partial charge in [0.1, 0.15) is 11.5 Å². The number of amides is 1. The Labute approximate surface area is 183 Å². The summed E-state index contributed by atoms with van der Waals surface area (Å²) in [6.45, 7) is 1.00. The molecule has 1 N–H and O–H groups in total. The van der Waals surface area contributed by atoms with E-state index in [4.69, 9.17) is 9.47 Å². The highest BCUT2D eigenvalue weighted by molar-refractivity contribution is 7.92. The number of nitrogens with zero attached hydrogens (tertiary/aromatic N) is 1. The Kier molecular flexibility index (Phi) is 7.70. The summed E-state index contributed by atoms with van der Waals surface area (Å²) < 4.78 is 37.1. The highest BCUT2D eigenvalue weighted by Crippen LogP contribution is 2.24. The lowest BCUT2D eigenvalue weighted by Gasteiger charge is -2.29. The monoisotopic (exact) mass is 444 g/mol. The van der Waals surface area contributed by atoms with Gasteiger partial charge in [-0.25, -0.2) is 8.42 Å². The maximum Gasteiger partial charge on any atom is 0.236 e. The second-order valence-electron chi connectivity index (χ2n) is 7.37. The predicted molar refractivity (Wildman–Crippen MR) is 120 cm³/mol. The van der Waals surface area contributed by atoms with Crippen LogP contribution in [0.4, 0.5) is 0 Å². The van der Waals surface area contributed by atoms with Crippen LogP contribution >= 0.6 is 0 Å². The predicted octanol–water partition coefficient (Wildman–Crippen LogP) is 3.03. The summed E-state index contributed by atoms with van der Waals surface area (Å²) in [5.41, 5.74) is 1.70. The van der Waals surface area contributed by atoms with Gasteiger partial charge in [-0.3, -0.25) is 4.79 Å². The summed E-state index contributed by atoms with van der Waals surface area (Å²) in [6.07, 6.45) is 2.58. The molecule has 0 unspecified atom stereocenters. The largest absolute Gasteiger partial charge is 0.497 e. The summed E-state index contributed by atoms with van der Waals surface area (Å²) in [5.74, 6) is 1.03. The topological polar surface area (TPSA) is 84.9 Å². The summed E-state index contributed by atoms with van der Waals surface area (Å²) in [4.78, 5) is 12.6. The van der Waals surface area contributed by atoms with Crippen LogP contribution in [0.1, 0.15) is 24.0 Å². The highest BCUT2D eigenvalue weighted by Gasteiger charge is 2.29. The van der Waals surface area contributed by atoms with E-state index in [0.717, 1.165) is 11.1 Å². The summed E-state index contributed by atoms with van der Waals surface area (Å²) >= 11 is 0. The first-order valence-corrected chi connectivity index (χ1v) is 11.6. The zero-order valence-corrected chi connectivity index (χ0v) is 18.6. The van der Waals surface area contributed by atoms with Gasteiger partial charge >= 0.3 is 0 Å². The van der Waals surface area contributed by atoms with Crippen molar-refractivity contribution < 1.29 is 22.7 Å². The second-order valence-corrected chi connectivity index (χ2v) is 9.19. The van der Waals surface area contributed by atoms with Crippen LogP contribution in [0.3, 0.4) is 0 Å². The molecule has 1 fully saturated rings. The van der Waals surface area contributed by atoms with E-state index >= 15 is 0 Å². The van der Waals surface area contributed by atoms with Crippen LogP contribution in [0.5, 0.6) is 11.5 Å². The summed E-state index contributed by atoms with van der Waals surface area (Å²) in [5, 5.41) is 4.17. The molecule has 3 rings (SSSR count). The summed E-state index contributed by atoms with van der Waals surface area (Å²) in [6, 6.07) is 14.8. The number of carbonyl (C=O) groups is 1. The minimum Gasteiger partial charge on any atom is -0.497 e. The third-order valence-corrected chi connectivity index (χ3v) is 6.86. The van der Waals surface area contributed by atoms with Crippen molar-refractivity contribution in [1.29, 1.82) is 0 Å². The van der Waals surface area contributed by atoms with Crippen molar-refractivity contribution in [2.75, 3.05) is 27.3 Å². The van der Waals surface area contributed by atoms with Crippen LogP contribution in [-0.4, -0.2) is 45.9 Å². The van der Waals surface area contributed by atoms with Crippen molar-refractivity contribution in [2.24, 2.45) is 5.92 Å². The van der Waals surface area contributed by atoms with Crippen LogP contribution < -0.4 is 14.8 Å². The van der Waals surface area contributed by atoms with Gasteiger partial charge in [-0.15, -0.1) is 0 Å². The van der Waals surface area contributed by atoms with Gasteiger partial charge in [-0.2, -0.15) is 4.31 Å². The number of benzene rings is 2. The van der Waals surface area contributed by atoms with Crippen LogP contribution in [-0.2, 0) is 21.4 Å². The van der Waals surface area contributed by atoms with Crippen molar-refractivity contribution in [3.8, 4) is 11.5 Å². The quantitative estimate of drug-likeness (QED) is 0.677. The fourth-order valence-corrected chi connectivity index (χ4v) is 4.71. The Morgan fingerprint density at radius 3 is 2.26 bits per heavy atom. The van der Waals surface area contributed by atoms with E-state index in [2.05, 4.69) is 5.32 Å². The van der Waals surface area contributed by atoms with E-state index in [1.165, 1.54) is 9.71 Å². The zero-order valence-electron chi connectivity index (χ0n) is 17.8. The van der Waals surface area contributed by atoms with Gasteiger partial charge in [0.15, 0.2) is 0 Å². The number of piperidine rings is 1. The van der Waals surface area contributed by atoms with Crippen LogP contribution in [0.25, 0.3) is 6.08 Å². The number of methoxy groups -OCH3 is 2. The number of carbonyl (C=O) groups excluding carboxylic acids is 1. The molecule has 0 aromatic heterocycles. The molecular weight excluding hydrogens is 416 g/mol. The van der Waals surface area contributed by atoms with E-state index in [1.54, 1.807) is 26.4 Å². The molecule has 0 bridgehead atoms. The van der Waals surface area contributed by atoms with Crippen molar-refractivity contribution in [2.45, 2.75) is 19.4 Å². The molecule has 0 radical (unpaired) electrons. The van der Waals surface area contributed by atoms with E-state index in [-0.39, 0.29) is 11.8 Å². The molecule has 7 nitrogen and oxygen atoms in total. The molecule has 31 heavy (non-hydrogen) atoms. The molecule has 1 aliphatic rings. The van der Waals surface area contributed by atoms with E-state index in [0.29, 0.717) is 44.0 Å². The zero-order chi connectivity index (χ0) is 22.3. The van der Waals surface area contributed by atoms with Gasteiger partial charge in [-0.05, 0) is 42.2 Å². The Balaban J connectivity index is 1.52. The maximum absolute atomic E-state index is 12.6. The maximum atomic E-state index is 12.6. The lowest BCUT2D eigenvalue weighted by molar-refractivity contribution is -0.126. The highest BCUT2D eigenvalue weighted by atomic mass is 32.2. The van der Waals surface area contributed by atoms with E-state index in [1.807, 2.05) is 42.5 Å². The van der Waals surface area contributed by atoms with Crippen molar-refractivity contribution in [1.82, 2.24) is 9.62 Å². The molecule has 0 atom stereocenters. The first-order chi connectivity index (χ1) is 14.9. The molecule has 8 heteroatoms. The molecule has 0 aliphatic carbocycles. The molecule has 0 spiro atoms. The normalized spacial score (nSPS) is 15.7. The van der Waals surface area contributed by atoms with Crippen molar-refractivity contribution in [3.63, 3.8) is 0 Å². The number of ether oxygens (including phenoxy) is 2. The Morgan fingerprint density at radius 1 is 1.06 bits per heavy atom. The minimum atomic E-state index is -3.51.